The van der Waals surface area contributed by atoms with E-state index in [-0.39, 0.29) is 0 Å². The quantitative estimate of drug-likeness (QED) is 0.355. The highest BCUT2D eigenvalue weighted by molar-refractivity contribution is 6.17. The largest absolute Gasteiger partial charge is 0.672 e. The third kappa shape index (κ3) is 172. The Kier molecular flexibility index (Phi) is 252. The highest BCUT2D eigenvalue weighted by Crippen LogP contribution is 0.990. The van der Waals surface area contributed by atoms with Crippen LogP contribution >= 0.6 is 0 Å². The summed E-state index contributed by atoms with van der Waals surface area (Å²) in [5.41, 5.74) is 0. The molecule has 0 aromatic rings. The maximum atomic E-state index is 8.52. The lowest BCUT2D eigenvalue weighted by atomic mass is 11.3. The minimum absolute atomic E-state index is 3.00. The van der Waals surface area contributed by atoms with Crippen molar-refractivity contribution in [3.63, 3.8) is 0 Å². The summed E-state index contributed by atoms with van der Waals surface area (Å²) in [6, 6.07) is 0. The Bertz CT molecular complexity index is 57.3. The van der Waals surface area contributed by atoms with Crippen molar-refractivity contribution in [3.8, 4) is 0 Å². The average molecular weight is 160 g/mol. The Hall–Kier alpha value is -1.16. The summed E-state index contributed by atoms with van der Waals surface area (Å²) in [5.74, 6) is 0. The van der Waals surface area contributed by atoms with E-state index in [9.17, 15) is 0 Å². The third-order valence-electron chi connectivity index (χ3n) is 0. The van der Waals surface area contributed by atoms with Gasteiger partial charge in [0, 0.05) is 9.17 Å². The van der Waals surface area contributed by atoms with E-state index in [1.807, 2.05) is 0 Å². The van der Waals surface area contributed by atoms with Gasteiger partial charge in [0.2, 0.25) is 0 Å². The van der Waals surface area contributed by atoms with Gasteiger partial charge in [-0.2, -0.15) is 0 Å². The molecule has 0 aliphatic carbocycles. The van der Waals surface area contributed by atoms with Crippen LogP contribution in [-0.2, 0) is 4.46 Å². The molecule has 0 saturated carbocycles. The zero-order valence-corrected chi connectivity index (χ0v) is 6.97. The molecular weight excluding hydrogens is 148 g/mol. The first-order valence-corrected chi connectivity index (χ1v) is 3.34. The van der Waals surface area contributed by atoms with Crippen LogP contribution in [0, 0.1) is 0 Å². The lowest BCUT2D eigenvalue weighted by Crippen LogP contribution is -2.34. The van der Waals surface area contributed by atoms with Crippen LogP contribution in [0.4, 0.5) is 0 Å². The topological polar surface area (TPSA) is 63.2 Å². The fourth-order valence-electron chi connectivity index (χ4n) is 0. The maximum Gasteiger partial charge on any atom is 0.0172 e. The van der Waals surface area contributed by atoms with Gasteiger partial charge in [0.25, 0.3) is 0 Å². The van der Waals surface area contributed by atoms with Crippen molar-refractivity contribution in [1.82, 2.24) is 0 Å². The van der Waals surface area contributed by atoms with Crippen molar-refractivity contribution < 1.29 is 14.1 Å². The van der Waals surface area contributed by atoms with Gasteiger partial charge in [0.05, 0.1) is 0 Å². The Balaban J connectivity index is -0.0000000262. The summed E-state index contributed by atoms with van der Waals surface area (Å²) < 4.78 is 8.52. The van der Waals surface area contributed by atoms with E-state index < -0.39 is 9.17 Å². The monoisotopic (exact) mass is 160 g/mol. The van der Waals surface area contributed by atoms with Crippen molar-refractivity contribution in [3.05, 3.63) is 39.5 Å². The summed E-state index contributed by atoms with van der Waals surface area (Å²) >= 11 is 0. The van der Waals surface area contributed by atoms with Gasteiger partial charge < -0.3 is 14.1 Å². The molecule has 0 fully saturated rings. The molecule has 0 spiro atoms. The fourth-order valence-corrected chi connectivity index (χ4v) is 0. The maximum absolute atomic E-state index is 8.52. The minimum Gasteiger partial charge on any atom is -0.672 e. The first kappa shape index (κ1) is 23.2. The van der Waals surface area contributed by atoms with Crippen molar-refractivity contribution >= 4 is 9.17 Å². The molecule has 4 heteroatoms. The molecule has 0 rings (SSSR count). The number of hydrogen-bond donors (Lipinski definition) is 0. The molecule has 0 aliphatic rings. The number of rotatable bonds is 0. The lowest BCUT2D eigenvalue weighted by Gasteiger charge is -1.94. The second-order valence-electron chi connectivity index (χ2n) is 0.250. The summed E-state index contributed by atoms with van der Waals surface area (Å²) in [6.07, 6.45) is 0. The molecule has 0 atom stereocenters. The smallest absolute Gasteiger partial charge is 0.0172 e. The first-order chi connectivity index (χ1) is 4.73. The zero-order valence-electron chi connectivity index (χ0n) is 5.97. The average Bonchev–Trinajstić information content (AvgIpc) is 1.98. The van der Waals surface area contributed by atoms with Crippen LogP contribution in [0.25, 0.3) is 0 Å². The van der Waals surface area contributed by atoms with Gasteiger partial charge in [0.15, 0.2) is 0 Å². The van der Waals surface area contributed by atoms with Gasteiger partial charge in [0.1, 0.15) is 0 Å². The van der Waals surface area contributed by atoms with Gasteiger partial charge in [-0.3, -0.25) is 0 Å². The summed E-state index contributed by atoms with van der Waals surface area (Å²) in [6.45, 7) is 18.0. The molecule has 0 N–H and O–H groups in total. The van der Waals surface area contributed by atoms with Crippen molar-refractivity contribution in [2.75, 3.05) is 0 Å². The molecule has 0 aromatic carbocycles. The molecule has 0 saturated heterocycles. The summed E-state index contributed by atoms with van der Waals surface area (Å²) in [4.78, 5) is 17.0. The van der Waals surface area contributed by atoms with Gasteiger partial charge in [-0.05, 0) is 0 Å². The summed E-state index contributed by atoms with van der Waals surface area (Å²) in [5, 5.41) is 0. The van der Waals surface area contributed by atoms with E-state index in [1.165, 1.54) is 0 Å². The summed E-state index contributed by atoms with van der Waals surface area (Å²) in [7, 11) is -3.63. The van der Waals surface area contributed by atoms with E-state index in [0.29, 0.717) is 0 Å². The molecule has 0 radical (unpaired) electrons. The van der Waals surface area contributed by atoms with Crippen molar-refractivity contribution in [1.29, 1.82) is 0 Å². The van der Waals surface area contributed by atoms with Crippen LogP contribution in [0.1, 0.15) is 0 Å². The van der Waals surface area contributed by atoms with E-state index in [0.717, 1.165) is 0 Å². The van der Waals surface area contributed by atoms with E-state index in [2.05, 4.69) is 39.5 Å². The highest BCUT2D eigenvalue weighted by Gasteiger charge is 1.29. The van der Waals surface area contributed by atoms with Crippen LogP contribution in [0.5, 0.6) is 0 Å². The molecule has 3 nitrogen and oxygen atoms in total. The van der Waals surface area contributed by atoms with Crippen molar-refractivity contribution in [2.45, 2.75) is 0 Å². The van der Waals surface area contributed by atoms with Crippen LogP contribution in [0.2, 0.25) is 0 Å². The Morgan fingerprint density at radius 3 is 0.800 bits per heavy atom. The molecule has 0 aromatic heterocycles. The van der Waals surface area contributed by atoms with Crippen LogP contribution in [0.15, 0.2) is 39.5 Å². The molecule has 0 unspecified atom stereocenters. The second kappa shape index (κ2) is 109. The number of hydrogen-bond acceptors (Lipinski definition) is 3. The van der Waals surface area contributed by atoms with Gasteiger partial charge in [-0.1, -0.05) is 0 Å². The van der Waals surface area contributed by atoms with Gasteiger partial charge >= 0.3 is 0 Å². The molecule has 0 aliphatic heterocycles. The molecule has 0 amide bonds. The molecule has 60 valence electrons. The predicted molar refractivity (Wildman–Crippen MR) is 40.2 cm³/mol. The Morgan fingerprint density at radius 1 is 0.800 bits per heavy atom. The van der Waals surface area contributed by atoms with E-state index in [1.54, 1.807) is 0 Å². The standard InChI is InChI=1S/3C2H4.O3Si/c3*1-2;1-4(2)3/h3*1-2H2;/q;;;-2. The molecular formula is C6H12O3Si-2. The fraction of sp³-hybridized carbons (Fsp3) is 0. The van der Waals surface area contributed by atoms with E-state index >= 15 is 0 Å². The van der Waals surface area contributed by atoms with Gasteiger partial charge in [-0.15, -0.1) is 39.5 Å². The Morgan fingerprint density at radius 2 is 0.800 bits per heavy atom. The van der Waals surface area contributed by atoms with Gasteiger partial charge in [-0.25, -0.2) is 0 Å². The predicted octanol–water partition coefficient (Wildman–Crippen LogP) is -0.471. The van der Waals surface area contributed by atoms with Crippen LogP contribution < -0.4 is 9.59 Å². The molecule has 0 heterocycles. The second-order valence-corrected chi connectivity index (χ2v) is 0.750. The minimum atomic E-state index is -3.63. The third-order valence-corrected chi connectivity index (χ3v) is 0. The SMILES string of the molecule is C=C.C=C.C=C.O=[Si]([O-])[O-]. The zero-order chi connectivity index (χ0) is 9.58. The van der Waals surface area contributed by atoms with E-state index in [4.69, 9.17) is 14.1 Å². The lowest BCUT2D eigenvalue weighted by molar-refractivity contribution is -0.354. The Labute approximate surface area is 63.6 Å². The molecule has 10 heavy (non-hydrogen) atoms. The van der Waals surface area contributed by atoms with Crippen LogP contribution in [0.3, 0.4) is 0 Å². The first-order valence-electron chi connectivity index (χ1n) is 2.11. The van der Waals surface area contributed by atoms with Crippen LogP contribution in [-0.4, -0.2) is 9.17 Å². The molecule has 0 bridgehead atoms. The highest BCUT2D eigenvalue weighted by atomic mass is 28.3. The van der Waals surface area contributed by atoms with Crippen molar-refractivity contribution in [2.24, 2.45) is 0 Å². The normalized spacial score (nSPS) is 3.60.